The molecule has 0 unspecified atom stereocenters. The molecule has 0 saturated heterocycles. The zero-order valence-corrected chi connectivity index (χ0v) is 12.6. The molecule has 1 heterocycles. The van der Waals surface area contributed by atoms with Gasteiger partial charge in [-0.05, 0) is 26.0 Å². The molecule has 2 aromatic rings. The van der Waals surface area contributed by atoms with Crippen molar-refractivity contribution in [1.29, 1.82) is 0 Å². The topological polar surface area (TPSA) is 34.4 Å². The quantitative estimate of drug-likeness (QED) is 0.771. The number of amides is 1. The summed E-state index contributed by atoms with van der Waals surface area (Å²) < 4.78 is 53.6. The fraction of sp³-hybridized carbons (Fsp3) is 0.286. The zero-order valence-electron chi connectivity index (χ0n) is 11.7. The van der Waals surface area contributed by atoms with Gasteiger partial charge in [0.05, 0.1) is 11.1 Å². The summed E-state index contributed by atoms with van der Waals surface area (Å²) in [5.41, 5.74) is -1.30. The summed E-state index contributed by atoms with van der Waals surface area (Å²) in [6.07, 6.45) is -4.86. The molecular weight excluding hydrogens is 320 g/mol. The van der Waals surface area contributed by atoms with E-state index >= 15 is 0 Å². The molecule has 0 fully saturated rings. The van der Waals surface area contributed by atoms with E-state index in [2.05, 4.69) is 4.99 Å². The van der Waals surface area contributed by atoms with Gasteiger partial charge in [-0.15, -0.1) is 11.3 Å². The Morgan fingerprint density at radius 2 is 2.05 bits per heavy atom. The molecule has 0 saturated carbocycles. The molecule has 0 N–H and O–H groups in total. The number of carbonyl (C=O) groups is 1. The lowest BCUT2D eigenvalue weighted by atomic mass is 10.1. The van der Waals surface area contributed by atoms with Crippen molar-refractivity contribution >= 4 is 17.2 Å². The highest BCUT2D eigenvalue weighted by Gasteiger charge is 2.35. The van der Waals surface area contributed by atoms with Gasteiger partial charge in [0.1, 0.15) is 5.82 Å². The molecule has 118 valence electrons. The van der Waals surface area contributed by atoms with Crippen LogP contribution in [0.2, 0.25) is 0 Å². The molecule has 3 nitrogen and oxygen atoms in total. The maximum atomic E-state index is 13.9. The standard InChI is InChI=1S/C14H12F4N2OS/c1-3-20-8(2)7-22-13(20)19-12(21)9-5-4-6-10(11(9)15)14(16,17)18/h4-7H,3H2,1-2H3. The van der Waals surface area contributed by atoms with Crippen LogP contribution in [0.15, 0.2) is 28.6 Å². The molecule has 0 aliphatic heterocycles. The number of aromatic nitrogens is 1. The predicted octanol–water partition coefficient (Wildman–Crippen LogP) is 3.78. The van der Waals surface area contributed by atoms with E-state index in [1.807, 2.05) is 13.8 Å². The third kappa shape index (κ3) is 3.11. The SMILES string of the molecule is CCn1c(C)csc1=NC(=O)c1cccc(C(F)(F)F)c1F. The molecule has 1 aromatic carbocycles. The first-order valence-electron chi connectivity index (χ1n) is 6.35. The number of thiazole rings is 1. The highest BCUT2D eigenvalue weighted by atomic mass is 32.1. The maximum Gasteiger partial charge on any atom is 0.419 e. The number of hydrogen-bond donors (Lipinski definition) is 0. The van der Waals surface area contributed by atoms with Crippen molar-refractivity contribution in [2.45, 2.75) is 26.6 Å². The van der Waals surface area contributed by atoms with E-state index in [1.54, 1.807) is 9.95 Å². The number of nitrogens with zero attached hydrogens (tertiary/aromatic N) is 2. The molecule has 22 heavy (non-hydrogen) atoms. The molecule has 0 aliphatic rings. The van der Waals surface area contributed by atoms with Gasteiger partial charge in [-0.3, -0.25) is 4.79 Å². The number of benzene rings is 1. The number of halogens is 4. The third-order valence-electron chi connectivity index (χ3n) is 3.04. The summed E-state index contributed by atoms with van der Waals surface area (Å²) in [7, 11) is 0. The van der Waals surface area contributed by atoms with Crippen LogP contribution in [0.4, 0.5) is 17.6 Å². The fourth-order valence-electron chi connectivity index (χ4n) is 1.95. The van der Waals surface area contributed by atoms with Crippen LogP contribution in [0.3, 0.4) is 0 Å². The first-order valence-corrected chi connectivity index (χ1v) is 7.23. The van der Waals surface area contributed by atoms with Gasteiger partial charge >= 0.3 is 6.18 Å². The van der Waals surface area contributed by atoms with Gasteiger partial charge in [0.2, 0.25) is 0 Å². The highest BCUT2D eigenvalue weighted by Crippen LogP contribution is 2.32. The van der Waals surface area contributed by atoms with Gasteiger partial charge in [0.15, 0.2) is 4.80 Å². The first-order chi connectivity index (χ1) is 10.3. The number of aryl methyl sites for hydroxylation is 1. The van der Waals surface area contributed by atoms with Crippen LogP contribution < -0.4 is 4.80 Å². The molecule has 0 spiro atoms. The summed E-state index contributed by atoms with van der Waals surface area (Å²) >= 11 is 1.17. The molecule has 2 rings (SSSR count). The fourth-order valence-corrected chi connectivity index (χ4v) is 2.89. The minimum Gasteiger partial charge on any atom is -0.321 e. The number of carbonyl (C=O) groups excluding carboxylic acids is 1. The highest BCUT2D eigenvalue weighted by molar-refractivity contribution is 7.07. The van der Waals surface area contributed by atoms with Gasteiger partial charge in [0, 0.05) is 17.6 Å². The number of alkyl halides is 3. The smallest absolute Gasteiger partial charge is 0.321 e. The van der Waals surface area contributed by atoms with Gasteiger partial charge in [-0.1, -0.05) is 6.07 Å². The molecule has 0 bridgehead atoms. The molecule has 8 heteroatoms. The summed E-state index contributed by atoms with van der Waals surface area (Å²) in [6, 6.07) is 2.57. The maximum absolute atomic E-state index is 13.9. The van der Waals surface area contributed by atoms with Crippen LogP contribution in [0.25, 0.3) is 0 Å². The van der Waals surface area contributed by atoms with Crippen molar-refractivity contribution in [3.05, 3.63) is 51.0 Å². The molecule has 0 aliphatic carbocycles. The zero-order chi connectivity index (χ0) is 16.5. The van der Waals surface area contributed by atoms with Crippen molar-refractivity contribution in [2.75, 3.05) is 0 Å². The molecule has 1 aromatic heterocycles. The monoisotopic (exact) mass is 332 g/mol. The average molecular weight is 332 g/mol. The largest absolute Gasteiger partial charge is 0.419 e. The second-order valence-electron chi connectivity index (χ2n) is 4.49. The molecular formula is C14H12F4N2OS. The summed E-state index contributed by atoms with van der Waals surface area (Å²) in [4.78, 5) is 16.1. The van der Waals surface area contributed by atoms with Crippen LogP contribution >= 0.6 is 11.3 Å². The van der Waals surface area contributed by atoms with Gasteiger partial charge in [-0.25, -0.2) is 4.39 Å². The summed E-state index contributed by atoms with van der Waals surface area (Å²) in [5.74, 6) is -2.63. The Morgan fingerprint density at radius 1 is 1.36 bits per heavy atom. The van der Waals surface area contributed by atoms with Crippen LogP contribution in [-0.4, -0.2) is 10.5 Å². The number of rotatable bonds is 2. The number of hydrogen-bond acceptors (Lipinski definition) is 2. The van der Waals surface area contributed by atoms with E-state index in [1.165, 1.54) is 11.3 Å². The second-order valence-corrected chi connectivity index (χ2v) is 5.32. The van der Waals surface area contributed by atoms with E-state index in [-0.39, 0.29) is 0 Å². The second kappa shape index (κ2) is 6.04. The Labute approximate surface area is 127 Å². The Balaban J connectivity index is 2.51. The van der Waals surface area contributed by atoms with Gasteiger partial charge < -0.3 is 4.57 Å². The first kappa shape index (κ1) is 16.4. The Morgan fingerprint density at radius 3 is 2.64 bits per heavy atom. The van der Waals surface area contributed by atoms with E-state index in [4.69, 9.17) is 0 Å². The van der Waals surface area contributed by atoms with Crippen molar-refractivity contribution in [3.8, 4) is 0 Å². The van der Waals surface area contributed by atoms with Gasteiger partial charge in [-0.2, -0.15) is 18.2 Å². The van der Waals surface area contributed by atoms with Crippen LogP contribution in [0, 0.1) is 12.7 Å². The van der Waals surface area contributed by atoms with Crippen LogP contribution in [0.5, 0.6) is 0 Å². The Kier molecular flexibility index (Phi) is 4.50. The van der Waals surface area contributed by atoms with Crippen molar-refractivity contribution in [3.63, 3.8) is 0 Å². The molecule has 0 atom stereocenters. The minimum atomic E-state index is -4.86. The van der Waals surface area contributed by atoms with E-state index < -0.39 is 29.0 Å². The van der Waals surface area contributed by atoms with Crippen molar-refractivity contribution < 1.29 is 22.4 Å². The van der Waals surface area contributed by atoms with Crippen molar-refractivity contribution in [1.82, 2.24) is 4.57 Å². The van der Waals surface area contributed by atoms with E-state index in [0.29, 0.717) is 17.4 Å². The van der Waals surface area contributed by atoms with E-state index in [0.717, 1.165) is 17.8 Å². The van der Waals surface area contributed by atoms with Gasteiger partial charge in [0.25, 0.3) is 5.91 Å². The Bertz CT molecular complexity index is 774. The minimum absolute atomic E-state index is 0.321. The normalized spacial score (nSPS) is 12.7. The molecule has 1 amide bonds. The summed E-state index contributed by atoms with van der Waals surface area (Å²) in [5, 5.41) is 1.76. The lowest BCUT2D eigenvalue weighted by Gasteiger charge is -2.09. The predicted molar refractivity (Wildman–Crippen MR) is 74.0 cm³/mol. The third-order valence-corrected chi connectivity index (χ3v) is 4.02. The lowest BCUT2D eigenvalue weighted by molar-refractivity contribution is -0.140. The van der Waals surface area contributed by atoms with Crippen LogP contribution in [0.1, 0.15) is 28.5 Å². The Hall–Kier alpha value is -1.96. The molecule has 0 radical (unpaired) electrons. The van der Waals surface area contributed by atoms with Crippen LogP contribution in [-0.2, 0) is 12.7 Å². The van der Waals surface area contributed by atoms with Crippen molar-refractivity contribution in [2.24, 2.45) is 4.99 Å². The average Bonchev–Trinajstić information content (AvgIpc) is 2.77. The summed E-state index contributed by atoms with van der Waals surface area (Å²) in [6.45, 7) is 4.20. The lowest BCUT2D eigenvalue weighted by Crippen LogP contribution is -2.18. The van der Waals surface area contributed by atoms with E-state index in [9.17, 15) is 22.4 Å².